The molecule has 0 aromatic rings. The molecule has 4 nitrogen and oxygen atoms in total. The quantitative estimate of drug-likeness (QED) is 0.696. The Kier molecular flexibility index (Phi) is 4.87. The maximum atomic E-state index is 11.6. The third kappa shape index (κ3) is 4.26. The Bertz CT molecular complexity index is 218. The molecule has 0 aromatic carbocycles. The van der Waals surface area contributed by atoms with E-state index < -0.39 is 5.60 Å². The molecule has 0 bridgehead atoms. The number of nitrogens with two attached hydrogens (primary N) is 1. The Balaban J connectivity index is 0.00000196. The monoisotopic (exact) mass is 236 g/mol. The summed E-state index contributed by atoms with van der Waals surface area (Å²) in [5.41, 5.74) is 5.40. The lowest BCUT2D eigenvalue weighted by Crippen LogP contribution is -2.36. The Morgan fingerprint density at radius 3 is 2.27 bits per heavy atom. The van der Waals surface area contributed by atoms with Gasteiger partial charge >= 0.3 is 6.09 Å². The second kappa shape index (κ2) is 5.03. The number of carbonyl (C=O) groups is 1. The highest BCUT2D eigenvalue weighted by Crippen LogP contribution is 2.17. The van der Waals surface area contributed by atoms with Crippen molar-refractivity contribution in [2.24, 2.45) is 11.7 Å². The van der Waals surface area contributed by atoms with Crippen molar-refractivity contribution in [3.05, 3.63) is 0 Å². The number of amides is 1. The van der Waals surface area contributed by atoms with Crippen LogP contribution in [0.2, 0.25) is 0 Å². The van der Waals surface area contributed by atoms with Crippen LogP contribution in [0.3, 0.4) is 0 Å². The first kappa shape index (κ1) is 14.5. The lowest BCUT2D eigenvalue weighted by molar-refractivity contribution is 0.0287. The summed E-state index contributed by atoms with van der Waals surface area (Å²) in [5, 5.41) is 0. The lowest BCUT2D eigenvalue weighted by atomic mass is 10.1. The van der Waals surface area contributed by atoms with Crippen molar-refractivity contribution in [3.63, 3.8) is 0 Å². The Morgan fingerprint density at radius 1 is 1.40 bits per heavy atom. The van der Waals surface area contributed by atoms with E-state index in [9.17, 15) is 4.79 Å². The summed E-state index contributed by atoms with van der Waals surface area (Å²) in [6, 6.07) is 0.0857. The summed E-state index contributed by atoms with van der Waals surface area (Å²) in [6.45, 7) is 8.96. The summed E-state index contributed by atoms with van der Waals surface area (Å²) in [5.74, 6) is 0.363. The van der Waals surface area contributed by atoms with Gasteiger partial charge in [0.1, 0.15) is 5.60 Å². The molecular weight excluding hydrogens is 216 g/mol. The van der Waals surface area contributed by atoms with Gasteiger partial charge in [-0.1, -0.05) is 6.92 Å². The number of nitrogens with zero attached hydrogens (tertiary/aromatic N) is 1. The topological polar surface area (TPSA) is 55.6 Å². The van der Waals surface area contributed by atoms with E-state index in [1.165, 1.54) is 0 Å². The van der Waals surface area contributed by atoms with E-state index in [0.29, 0.717) is 19.0 Å². The summed E-state index contributed by atoms with van der Waals surface area (Å²) in [6.07, 6.45) is -0.252. The van der Waals surface area contributed by atoms with Crippen LogP contribution in [0, 0.1) is 5.92 Å². The van der Waals surface area contributed by atoms with Crippen LogP contribution in [0.4, 0.5) is 4.79 Å². The number of carbonyl (C=O) groups excluding carboxylic acids is 1. The molecule has 0 spiro atoms. The average molecular weight is 237 g/mol. The van der Waals surface area contributed by atoms with Crippen molar-refractivity contribution in [2.45, 2.75) is 39.3 Å². The second-order valence-corrected chi connectivity index (χ2v) is 5.03. The van der Waals surface area contributed by atoms with Crippen LogP contribution in [0.5, 0.6) is 0 Å². The number of likely N-dealkylation sites (tertiary alicyclic amines) is 1. The largest absolute Gasteiger partial charge is 0.444 e. The highest BCUT2D eigenvalue weighted by atomic mass is 35.5. The van der Waals surface area contributed by atoms with Gasteiger partial charge in [0, 0.05) is 19.1 Å². The van der Waals surface area contributed by atoms with Gasteiger partial charge < -0.3 is 15.4 Å². The van der Waals surface area contributed by atoms with Gasteiger partial charge in [0.2, 0.25) is 0 Å². The number of ether oxygens (including phenoxy) is 1. The molecule has 0 aliphatic carbocycles. The van der Waals surface area contributed by atoms with E-state index in [1.807, 2.05) is 20.8 Å². The molecule has 1 aliphatic rings. The Hall–Kier alpha value is -0.480. The van der Waals surface area contributed by atoms with Gasteiger partial charge in [-0.2, -0.15) is 0 Å². The molecule has 0 aromatic heterocycles. The average Bonchev–Trinajstić information content (AvgIpc) is 2.28. The van der Waals surface area contributed by atoms with Crippen LogP contribution >= 0.6 is 12.4 Å². The molecule has 15 heavy (non-hydrogen) atoms. The van der Waals surface area contributed by atoms with Crippen LogP contribution in [0.1, 0.15) is 27.7 Å². The molecule has 2 N–H and O–H groups in total. The van der Waals surface area contributed by atoms with Crippen molar-refractivity contribution < 1.29 is 9.53 Å². The number of hydrogen-bond donors (Lipinski definition) is 1. The number of halogens is 1. The lowest BCUT2D eigenvalue weighted by Gasteiger charge is -2.24. The molecule has 1 fully saturated rings. The smallest absolute Gasteiger partial charge is 0.410 e. The van der Waals surface area contributed by atoms with E-state index in [0.717, 1.165) is 0 Å². The SMILES string of the molecule is CC1CN(C(=O)OC(C)(C)C)CC1N.Cl. The first-order valence-corrected chi connectivity index (χ1v) is 5.03. The minimum atomic E-state index is -0.424. The minimum Gasteiger partial charge on any atom is -0.444 e. The fourth-order valence-corrected chi connectivity index (χ4v) is 1.47. The zero-order valence-electron chi connectivity index (χ0n) is 9.82. The summed E-state index contributed by atoms with van der Waals surface area (Å²) in [4.78, 5) is 13.3. The highest BCUT2D eigenvalue weighted by Gasteiger charge is 2.32. The molecule has 1 aliphatic heterocycles. The maximum absolute atomic E-state index is 11.6. The van der Waals surface area contributed by atoms with Crippen molar-refractivity contribution >= 4 is 18.5 Å². The van der Waals surface area contributed by atoms with Gasteiger partial charge in [0.25, 0.3) is 0 Å². The summed E-state index contributed by atoms with van der Waals surface area (Å²) in [7, 11) is 0. The van der Waals surface area contributed by atoms with Crippen LogP contribution in [-0.2, 0) is 4.74 Å². The van der Waals surface area contributed by atoms with Crippen molar-refractivity contribution in [2.75, 3.05) is 13.1 Å². The zero-order valence-corrected chi connectivity index (χ0v) is 10.6. The second-order valence-electron chi connectivity index (χ2n) is 5.03. The highest BCUT2D eigenvalue weighted by molar-refractivity contribution is 5.85. The first-order chi connectivity index (χ1) is 6.29. The van der Waals surface area contributed by atoms with Crippen LogP contribution < -0.4 is 5.73 Å². The summed E-state index contributed by atoms with van der Waals surface area (Å²) < 4.78 is 5.25. The van der Waals surface area contributed by atoms with Crippen molar-refractivity contribution in [1.82, 2.24) is 4.90 Å². The molecule has 90 valence electrons. The fourth-order valence-electron chi connectivity index (χ4n) is 1.47. The Labute approximate surface area is 97.5 Å². The van der Waals surface area contributed by atoms with Gasteiger partial charge in [-0.3, -0.25) is 0 Å². The third-order valence-electron chi connectivity index (χ3n) is 2.32. The van der Waals surface area contributed by atoms with E-state index >= 15 is 0 Å². The van der Waals surface area contributed by atoms with Crippen molar-refractivity contribution in [1.29, 1.82) is 0 Å². The Morgan fingerprint density at radius 2 is 1.93 bits per heavy atom. The molecular formula is C10H21ClN2O2. The van der Waals surface area contributed by atoms with Gasteiger partial charge in [0.05, 0.1) is 0 Å². The summed E-state index contributed by atoms with van der Waals surface area (Å²) >= 11 is 0. The van der Waals surface area contributed by atoms with Crippen LogP contribution in [0.15, 0.2) is 0 Å². The molecule has 1 amide bonds. The van der Waals surface area contributed by atoms with Gasteiger partial charge in [-0.25, -0.2) is 4.79 Å². The molecule has 0 saturated carbocycles. The predicted octanol–water partition coefficient (Wildman–Crippen LogP) is 1.62. The molecule has 1 heterocycles. The third-order valence-corrected chi connectivity index (χ3v) is 2.32. The molecule has 1 saturated heterocycles. The molecule has 5 heteroatoms. The fraction of sp³-hybridized carbons (Fsp3) is 0.900. The van der Waals surface area contributed by atoms with Crippen LogP contribution in [0.25, 0.3) is 0 Å². The molecule has 0 radical (unpaired) electrons. The molecule has 2 unspecified atom stereocenters. The normalized spacial score (nSPS) is 26.1. The molecule has 2 atom stereocenters. The van der Waals surface area contributed by atoms with Gasteiger partial charge in [-0.05, 0) is 26.7 Å². The van der Waals surface area contributed by atoms with Gasteiger partial charge in [0.15, 0.2) is 0 Å². The van der Waals surface area contributed by atoms with E-state index in [-0.39, 0.29) is 24.5 Å². The van der Waals surface area contributed by atoms with E-state index in [2.05, 4.69) is 6.92 Å². The van der Waals surface area contributed by atoms with Crippen molar-refractivity contribution in [3.8, 4) is 0 Å². The standard InChI is InChI=1S/C10H20N2O2.ClH/c1-7-5-12(6-8(7)11)9(13)14-10(2,3)4;/h7-8H,5-6,11H2,1-4H3;1H. The number of hydrogen-bond acceptors (Lipinski definition) is 3. The number of rotatable bonds is 0. The zero-order chi connectivity index (χ0) is 10.9. The van der Waals surface area contributed by atoms with Crippen LogP contribution in [-0.4, -0.2) is 35.7 Å². The maximum Gasteiger partial charge on any atom is 0.410 e. The first-order valence-electron chi connectivity index (χ1n) is 5.03. The molecule has 1 rings (SSSR count). The predicted molar refractivity (Wildman–Crippen MR) is 62.2 cm³/mol. The van der Waals surface area contributed by atoms with E-state index in [1.54, 1.807) is 4.90 Å². The van der Waals surface area contributed by atoms with Gasteiger partial charge in [-0.15, -0.1) is 12.4 Å². The minimum absolute atomic E-state index is 0. The van der Waals surface area contributed by atoms with E-state index in [4.69, 9.17) is 10.5 Å².